The number of ether oxygens (including phenoxy) is 1. The zero-order valence-corrected chi connectivity index (χ0v) is 8.56. The third-order valence-electron chi connectivity index (χ3n) is 1.50. The van der Waals surface area contributed by atoms with Gasteiger partial charge in [-0.25, -0.2) is 0 Å². The molecule has 0 amide bonds. The minimum Gasteiger partial charge on any atom is -0.501 e. The molecule has 0 atom stereocenters. The summed E-state index contributed by atoms with van der Waals surface area (Å²) in [6, 6.07) is 1.88. The lowest BCUT2D eigenvalue weighted by Gasteiger charge is -1.91. The molecule has 0 N–H and O–H groups in total. The highest BCUT2D eigenvalue weighted by molar-refractivity contribution is 7.10. The highest BCUT2D eigenvalue weighted by atomic mass is 32.1. The van der Waals surface area contributed by atoms with E-state index in [1.165, 1.54) is 12.3 Å². The molecule has 3 heteroatoms. The summed E-state index contributed by atoms with van der Waals surface area (Å²) in [6.45, 7) is 4.45. The highest BCUT2D eigenvalue weighted by Gasteiger charge is 2.02. The molecule has 2 nitrogen and oxygen atoms in total. The van der Waals surface area contributed by atoms with E-state index in [1.807, 2.05) is 25.3 Å². The molecule has 13 heavy (non-hydrogen) atoms. The number of hydrogen-bond acceptors (Lipinski definition) is 3. The van der Waals surface area contributed by atoms with Crippen LogP contribution in [-0.4, -0.2) is 12.4 Å². The molecule has 0 bridgehead atoms. The molecule has 0 aromatic carbocycles. The standard InChI is InChI=1S/C10H12O2S/c1-3-12-5-4-10(11)9-6-8(2)13-7-9/h4-7H,3H2,1-2H3/b5-4+. The van der Waals surface area contributed by atoms with Crippen LogP contribution in [0.4, 0.5) is 0 Å². The molecule has 1 heterocycles. The van der Waals surface area contributed by atoms with Gasteiger partial charge in [0.05, 0.1) is 12.9 Å². The molecule has 0 fully saturated rings. The van der Waals surface area contributed by atoms with Crippen LogP contribution in [0.1, 0.15) is 22.2 Å². The van der Waals surface area contributed by atoms with Gasteiger partial charge < -0.3 is 4.74 Å². The van der Waals surface area contributed by atoms with Gasteiger partial charge in [0.2, 0.25) is 0 Å². The minimum atomic E-state index is -0.00204. The first-order valence-corrected chi connectivity index (χ1v) is 4.99. The maximum Gasteiger partial charge on any atom is 0.189 e. The van der Waals surface area contributed by atoms with Crippen molar-refractivity contribution in [2.45, 2.75) is 13.8 Å². The Morgan fingerprint density at radius 3 is 3.00 bits per heavy atom. The van der Waals surface area contributed by atoms with E-state index in [4.69, 9.17) is 4.74 Å². The van der Waals surface area contributed by atoms with Crippen LogP contribution >= 0.6 is 11.3 Å². The van der Waals surface area contributed by atoms with Crippen molar-refractivity contribution in [3.05, 3.63) is 34.2 Å². The van der Waals surface area contributed by atoms with Gasteiger partial charge in [-0.3, -0.25) is 4.79 Å². The topological polar surface area (TPSA) is 26.3 Å². The first-order chi connectivity index (χ1) is 6.24. The van der Waals surface area contributed by atoms with E-state index < -0.39 is 0 Å². The van der Waals surface area contributed by atoms with E-state index in [0.717, 1.165) is 10.4 Å². The molecular formula is C10H12O2S. The average molecular weight is 196 g/mol. The fourth-order valence-electron chi connectivity index (χ4n) is 0.875. The monoisotopic (exact) mass is 196 g/mol. The van der Waals surface area contributed by atoms with E-state index >= 15 is 0 Å². The molecule has 70 valence electrons. The number of allylic oxidation sites excluding steroid dienone is 1. The van der Waals surface area contributed by atoms with Gasteiger partial charge in [-0.05, 0) is 19.9 Å². The number of aryl methyl sites for hydroxylation is 1. The number of carbonyl (C=O) groups excluding carboxylic acids is 1. The van der Waals surface area contributed by atoms with E-state index in [-0.39, 0.29) is 5.78 Å². The Kier molecular flexibility index (Phi) is 3.71. The van der Waals surface area contributed by atoms with Gasteiger partial charge >= 0.3 is 0 Å². The van der Waals surface area contributed by atoms with Crippen LogP contribution in [-0.2, 0) is 4.74 Å². The molecule has 1 aromatic rings. The van der Waals surface area contributed by atoms with Crippen LogP contribution in [0.25, 0.3) is 0 Å². The molecule has 1 aromatic heterocycles. The molecule has 0 saturated heterocycles. The third kappa shape index (κ3) is 3.03. The fourth-order valence-corrected chi connectivity index (χ4v) is 1.57. The Morgan fingerprint density at radius 1 is 1.69 bits per heavy atom. The first-order valence-electron chi connectivity index (χ1n) is 4.11. The Hall–Kier alpha value is -1.09. The summed E-state index contributed by atoms with van der Waals surface area (Å²) in [6.07, 6.45) is 2.89. The third-order valence-corrected chi connectivity index (χ3v) is 2.36. The van der Waals surface area contributed by atoms with Crippen LogP contribution < -0.4 is 0 Å². The van der Waals surface area contributed by atoms with E-state index in [9.17, 15) is 4.79 Å². The predicted molar refractivity (Wildman–Crippen MR) is 54.2 cm³/mol. The average Bonchev–Trinajstić information content (AvgIpc) is 2.52. The molecule has 0 saturated carbocycles. The van der Waals surface area contributed by atoms with Crippen molar-refractivity contribution in [2.75, 3.05) is 6.61 Å². The normalized spacial score (nSPS) is 10.6. The maximum atomic E-state index is 11.4. The zero-order chi connectivity index (χ0) is 9.68. The summed E-state index contributed by atoms with van der Waals surface area (Å²) < 4.78 is 4.93. The Morgan fingerprint density at radius 2 is 2.46 bits per heavy atom. The second-order valence-electron chi connectivity index (χ2n) is 2.57. The highest BCUT2D eigenvalue weighted by Crippen LogP contribution is 2.13. The summed E-state index contributed by atoms with van der Waals surface area (Å²) in [5, 5.41) is 1.86. The lowest BCUT2D eigenvalue weighted by Crippen LogP contribution is -1.91. The Bertz CT molecular complexity index is 312. The summed E-state index contributed by atoms with van der Waals surface area (Å²) in [5.41, 5.74) is 0.735. The summed E-state index contributed by atoms with van der Waals surface area (Å²) in [5.74, 6) is -0.00204. The van der Waals surface area contributed by atoms with Gasteiger partial charge in [0.25, 0.3) is 0 Å². The smallest absolute Gasteiger partial charge is 0.189 e. The molecule has 0 radical (unpaired) electrons. The van der Waals surface area contributed by atoms with Gasteiger partial charge in [0, 0.05) is 21.9 Å². The van der Waals surface area contributed by atoms with Crippen molar-refractivity contribution in [2.24, 2.45) is 0 Å². The fraction of sp³-hybridized carbons (Fsp3) is 0.300. The zero-order valence-electron chi connectivity index (χ0n) is 7.74. The predicted octanol–water partition coefficient (Wildman–Crippen LogP) is 2.79. The Balaban J connectivity index is 2.58. The molecule has 1 rings (SSSR count). The van der Waals surface area contributed by atoms with Crippen LogP contribution in [0.15, 0.2) is 23.8 Å². The van der Waals surface area contributed by atoms with Crippen LogP contribution in [0.5, 0.6) is 0 Å². The van der Waals surface area contributed by atoms with Gasteiger partial charge in [0.1, 0.15) is 0 Å². The van der Waals surface area contributed by atoms with Crippen molar-refractivity contribution in [3.63, 3.8) is 0 Å². The van der Waals surface area contributed by atoms with Crippen molar-refractivity contribution in [3.8, 4) is 0 Å². The van der Waals surface area contributed by atoms with Crippen molar-refractivity contribution in [1.82, 2.24) is 0 Å². The van der Waals surface area contributed by atoms with E-state index in [1.54, 1.807) is 11.3 Å². The van der Waals surface area contributed by atoms with Crippen LogP contribution in [0.2, 0.25) is 0 Å². The lowest BCUT2D eigenvalue weighted by atomic mass is 10.2. The second-order valence-corrected chi connectivity index (χ2v) is 3.68. The minimum absolute atomic E-state index is 0.00204. The molecule has 0 spiro atoms. The molecule has 0 aliphatic rings. The molecule has 0 aliphatic heterocycles. The first kappa shape index (κ1) is 9.99. The van der Waals surface area contributed by atoms with Crippen LogP contribution in [0.3, 0.4) is 0 Å². The summed E-state index contributed by atoms with van der Waals surface area (Å²) in [4.78, 5) is 12.5. The van der Waals surface area contributed by atoms with Gasteiger partial charge in [0.15, 0.2) is 5.78 Å². The maximum absolute atomic E-state index is 11.4. The Labute approximate surface area is 81.8 Å². The summed E-state index contributed by atoms with van der Waals surface area (Å²) >= 11 is 1.58. The number of hydrogen-bond donors (Lipinski definition) is 0. The van der Waals surface area contributed by atoms with Gasteiger partial charge in [-0.15, -0.1) is 11.3 Å². The summed E-state index contributed by atoms with van der Waals surface area (Å²) in [7, 11) is 0. The largest absolute Gasteiger partial charge is 0.501 e. The number of rotatable bonds is 4. The lowest BCUT2D eigenvalue weighted by molar-refractivity contribution is 0.104. The van der Waals surface area contributed by atoms with E-state index in [0.29, 0.717) is 6.61 Å². The van der Waals surface area contributed by atoms with Gasteiger partial charge in [-0.1, -0.05) is 0 Å². The van der Waals surface area contributed by atoms with Crippen molar-refractivity contribution < 1.29 is 9.53 Å². The number of ketones is 1. The van der Waals surface area contributed by atoms with Crippen molar-refractivity contribution >= 4 is 17.1 Å². The molecule has 0 unspecified atom stereocenters. The second kappa shape index (κ2) is 4.82. The van der Waals surface area contributed by atoms with Gasteiger partial charge in [-0.2, -0.15) is 0 Å². The SMILES string of the molecule is CCO/C=C/C(=O)c1csc(C)c1. The van der Waals surface area contributed by atoms with Crippen LogP contribution in [0, 0.1) is 6.92 Å². The number of carbonyl (C=O) groups is 1. The molecular weight excluding hydrogens is 184 g/mol. The van der Waals surface area contributed by atoms with E-state index in [2.05, 4.69) is 0 Å². The quantitative estimate of drug-likeness (QED) is 0.420. The number of thiophene rings is 1. The molecule has 0 aliphatic carbocycles. The van der Waals surface area contributed by atoms with Crippen molar-refractivity contribution in [1.29, 1.82) is 0 Å².